The zero-order valence-corrected chi connectivity index (χ0v) is 11.7. The van der Waals surface area contributed by atoms with Crippen molar-refractivity contribution in [3.8, 4) is 0 Å². The number of aromatic nitrogens is 2. The number of nitrogens with zero attached hydrogens (tertiary/aromatic N) is 1. The maximum atomic E-state index is 11.7. The predicted octanol–water partition coefficient (Wildman–Crippen LogP) is 1.91. The number of hydrogen-bond acceptors (Lipinski definition) is 4. The Morgan fingerprint density at radius 1 is 1.37 bits per heavy atom. The highest BCUT2D eigenvalue weighted by atomic mass is 79.9. The van der Waals surface area contributed by atoms with Gasteiger partial charge in [-0.1, -0.05) is 28.1 Å². The number of benzene rings is 1. The van der Waals surface area contributed by atoms with Crippen LogP contribution in [0.25, 0.3) is 0 Å². The Morgan fingerprint density at radius 2 is 2.05 bits per heavy atom. The van der Waals surface area contributed by atoms with E-state index in [1.807, 2.05) is 24.3 Å². The Morgan fingerprint density at radius 3 is 2.63 bits per heavy atom. The van der Waals surface area contributed by atoms with Crippen molar-refractivity contribution in [2.75, 3.05) is 7.11 Å². The van der Waals surface area contributed by atoms with E-state index in [1.54, 1.807) is 0 Å². The van der Waals surface area contributed by atoms with E-state index in [-0.39, 0.29) is 5.56 Å². The molecule has 19 heavy (non-hydrogen) atoms. The molecule has 0 saturated heterocycles. The van der Waals surface area contributed by atoms with E-state index in [0.29, 0.717) is 12.2 Å². The van der Waals surface area contributed by atoms with Gasteiger partial charge in [0.2, 0.25) is 0 Å². The number of esters is 1. The normalized spacial score (nSPS) is 10.2. The summed E-state index contributed by atoms with van der Waals surface area (Å²) in [6, 6.07) is 7.68. The van der Waals surface area contributed by atoms with Crippen LogP contribution in [0, 0.1) is 0 Å². The highest BCUT2D eigenvalue weighted by molar-refractivity contribution is 9.10. The Hall–Kier alpha value is -1.95. The summed E-state index contributed by atoms with van der Waals surface area (Å²) in [6.07, 6.45) is 1.73. The first kappa shape index (κ1) is 13.5. The number of halogens is 1. The van der Waals surface area contributed by atoms with E-state index in [0.717, 1.165) is 10.0 Å². The molecule has 0 aliphatic rings. The molecule has 0 atom stereocenters. The number of nitrogens with one attached hydrogen (secondary N) is 1. The van der Waals surface area contributed by atoms with Crippen LogP contribution in [0.5, 0.6) is 0 Å². The minimum absolute atomic E-state index is 0.0953. The van der Waals surface area contributed by atoms with Crippen LogP contribution in [0.15, 0.2) is 39.7 Å². The van der Waals surface area contributed by atoms with Crippen LogP contribution in [-0.4, -0.2) is 23.0 Å². The number of H-pyrrole nitrogens is 1. The fraction of sp³-hybridized carbons (Fsp3) is 0.154. The molecule has 6 heteroatoms. The lowest BCUT2D eigenvalue weighted by molar-refractivity contribution is 0.0598. The molecule has 1 aromatic heterocycles. The molecule has 0 amide bonds. The SMILES string of the molecule is COC(=O)c1cnc(Cc2ccc(Br)cc2)[nH]c1=O. The molecule has 0 spiro atoms. The van der Waals surface area contributed by atoms with Crippen molar-refractivity contribution in [3.63, 3.8) is 0 Å². The lowest BCUT2D eigenvalue weighted by atomic mass is 10.1. The topological polar surface area (TPSA) is 72.0 Å². The van der Waals surface area contributed by atoms with Gasteiger partial charge in [-0.15, -0.1) is 0 Å². The molecule has 2 rings (SSSR count). The minimum atomic E-state index is -0.691. The van der Waals surface area contributed by atoms with E-state index in [9.17, 15) is 9.59 Å². The van der Waals surface area contributed by atoms with Gasteiger partial charge in [0, 0.05) is 17.1 Å². The summed E-state index contributed by atoms with van der Waals surface area (Å²) in [5, 5.41) is 0. The fourth-order valence-corrected chi connectivity index (χ4v) is 1.84. The van der Waals surface area contributed by atoms with Crippen molar-refractivity contribution in [1.29, 1.82) is 0 Å². The van der Waals surface area contributed by atoms with Crippen molar-refractivity contribution in [3.05, 3.63) is 62.2 Å². The smallest absolute Gasteiger partial charge is 0.345 e. The lowest BCUT2D eigenvalue weighted by Crippen LogP contribution is -2.21. The molecule has 0 aliphatic heterocycles. The highest BCUT2D eigenvalue weighted by Gasteiger charge is 2.11. The van der Waals surface area contributed by atoms with E-state index in [4.69, 9.17) is 0 Å². The van der Waals surface area contributed by atoms with Gasteiger partial charge in [0.05, 0.1) is 7.11 Å². The second-order valence-corrected chi connectivity index (χ2v) is 4.78. The Bertz CT molecular complexity index is 650. The van der Waals surface area contributed by atoms with Crippen LogP contribution in [-0.2, 0) is 11.2 Å². The van der Waals surface area contributed by atoms with Crippen molar-refractivity contribution >= 4 is 21.9 Å². The van der Waals surface area contributed by atoms with Crippen LogP contribution >= 0.6 is 15.9 Å². The molecule has 0 unspecified atom stereocenters. The molecule has 1 N–H and O–H groups in total. The molecule has 1 heterocycles. The third-order valence-electron chi connectivity index (χ3n) is 2.54. The molecular weight excluding hydrogens is 312 g/mol. The number of aromatic amines is 1. The minimum Gasteiger partial charge on any atom is -0.465 e. The standard InChI is InChI=1S/C13H11BrN2O3/c1-19-13(18)10-7-15-11(16-12(10)17)6-8-2-4-9(14)5-3-8/h2-5,7H,6H2,1H3,(H,15,16,17). The van der Waals surface area contributed by atoms with Crippen LogP contribution < -0.4 is 5.56 Å². The summed E-state index contributed by atoms with van der Waals surface area (Å²) in [5.74, 6) is -0.191. The first-order valence-electron chi connectivity index (χ1n) is 5.51. The van der Waals surface area contributed by atoms with E-state index >= 15 is 0 Å². The van der Waals surface area contributed by atoms with E-state index in [1.165, 1.54) is 13.3 Å². The van der Waals surface area contributed by atoms with Gasteiger partial charge < -0.3 is 9.72 Å². The summed E-state index contributed by atoms with van der Waals surface area (Å²) in [7, 11) is 1.22. The average molecular weight is 323 g/mol. The summed E-state index contributed by atoms with van der Waals surface area (Å²) >= 11 is 3.35. The zero-order valence-electron chi connectivity index (χ0n) is 10.1. The number of ether oxygens (including phenoxy) is 1. The summed E-state index contributed by atoms with van der Waals surface area (Å²) in [5.41, 5.74) is 0.424. The van der Waals surface area contributed by atoms with Gasteiger partial charge in [0.1, 0.15) is 11.4 Å². The number of carbonyl (C=O) groups is 1. The van der Waals surface area contributed by atoms with Gasteiger partial charge in [-0.3, -0.25) is 4.79 Å². The second kappa shape index (κ2) is 5.79. The molecule has 0 radical (unpaired) electrons. The average Bonchev–Trinajstić information content (AvgIpc) is 2.41. The van der Waals surface area contributed by atoms with Gasteiger partial charge in [0.25, 0.3) is 5.56 Å². The molecule has 0 fully saturated rings. The van der Waals surface area contributed by atoms with Crippen molar-refractivity contribution in [2.45, 2.75) is 6.42 Å². The second-order valence-electron chi connectivity index (χ2n) is 3.87. The molecular formula is C13H11BrN2O3. The number of carbonyl (C=O) groups excluding carboxylic acids is 1. The number of hydrogen-bond donors (Lipinski definition) is 1. The van der Waals surface area contributed by atoms with Crippen molar-refractivity contribution < 1.29 is 9.53 Å². The molecule has 1 aromatic carbocycles. The zero-order chi connectivity index (χ0) is 13.8. The summed E-state index contributed by atoms with van der Waals surface area (Å²) in [4.78, 5) is 29.6. The highest BCUT2D eigenvalue weighted by Crippen LogP contribution is 2.12. The molecule has 98 valence electrons. The molecule has 0 aliphatic carbocycles. The Balaban J connectivity index is 2.23. The lowest BCUT2D eigenvalue weighted by Gasteiger charge is -2.03. The Labute approximate surface area is 117 Å². The maximum absolute atomic E-state index is 11.7. The van der Waals surface area contributed by atoms with Gasteiger partial charge in [0.15, 0.2) is 0 Å². The molecule has 0 saturated carbocycles. The van der Waals surface area contributed by atoms with E-state index in [2.05, 4.69) is 30.6 Å². The fourth-order valence-electron chi connectivity index (χ4n) is 1.57. The van der Waals surface area contributed by atoms with Gasteiger partial charge >= 0.3 is 5.97 Å². The van der Waals surface area contributed by atoms with Crippen LogP contribution in [0.1, 0.15) is 21.7 Å². The third kappa shape index (κ3) is 3.29. The predicted molar refractivity (Wildman–Crippen MR) is 73.1 cm³/mol. The van der Waals surface area contributed by atoms with Crippen LogP contribution in [0.3, 0.4) is 0 Å². The van der Waals surface area contributed by atoms with Crippen LogP contribution in [0.2, 0.25) is 0 Å². The maximum Gasteiger partial charge on any atom is 0.345 e. The first-order valence-corrected chi connectivity index (χ1v) is 6.30. The first-order chi connectivity index (χ1) is 9.10. The monoisotopic (exact) mass is 322 g/mol. The van der Waals surface area contributed by atoms with Crippen molar-refractivity contribution in [2.24, 2.45) is 0 Å². The van der Waals surface area contributed by atoms with Gasteiger partial charge in [-0.2, -0.15) is 0 Å². The molecule has 5 nitrogen and oxygen atoms in total. The van der Waals surface area contributed by atoms with Gasteiger partial charge in [-0.05, 0) is 17.7 Å². The number of methoxy groups -OCH3 is 1. The Kier molecular flexibility index (Phi) is 4.11. The summed E-state index contributed by atoms with van der Waals surface area (Å²) in [6.45, 7) is 0. The molecule has 0 bridgehead atoms. The largest absolute Gasteiger partial charge is 0.465 e. The van der Waals surface area contributed by atoms with Gasteiger partial charge in [-0.25, -0.2) is 9.78 Å². The quantitative estimate of drug-likeness (QED) is 0.876. The third-order valence-corrected chi connectivity index (χ3v) is 3.07. The summed E-state index contributed by atoms with van der Waals surface area (Å²) < 4.78 is 5.47. The molecule has 2 aromatic rings. The van der Waals surface area contributed by atoms with E-state index < -0.39 is 11.5 Å². The number of rotatable bonds is 3. The van der Waals surface area contributed by atoms with Crippen molar-refractivity contribution in [1.82, 2.24) is 9.97 Å². The van der Waals surface area contributed by atoms with Crippen LogP contribution in [0.4, 0.5) is 0 Å².